The predicted molar refractivity (Wildman–Crippen MR) is 105 cm³/mol. The Morgan fingerprint density at radius 2 is 1.93 bits per heavy atom. The van der Waals surface area contributed by atoms with Crippen molar-refractivity contribution in [3.05, 3.63) is 36.0 Å². The van der Waals surface area contributed by atoms with Crippen LogP contribution in [0.1, 0.15) is 40.5 Å². The van der Waals surface area contributed by atoms with E-state index in [0.29, 0.717) is 19.6 Å². The fourth-order valence-electron chi connectivity index (χ4n) is 3.71. The number of aliphatic hydroxyl groups is 1. The standard InChI is InChI=1S/C21H31F3N2O3/c1-14-11-16(21(22,23)24)7-6-8-17(18(27)12-14)26-10-9-25(13-15(26)2)19(28)29-20(3,4)5/h6-7,11,15,17-18,27H,1,8-10,12-13H2,2-5H3/b7-6-,16-11+/t15-,17?,18?/m0/s1. The first kappa shape index (κ1) is 23.5. The molecule has 164 valence electrons. The van der Waals surface area contributed by atoms with Crippen LogP contribution >= 0.6 is 0 Å². The van der Waals surface area contributed by atoms with Crippen LogP contribution in [0.4, 0.5) is 18.0 Å². The summed E-state index contributed by atoms with van der Waals surface area (Å²) in [6, 6.07) is -0.437. The lowest BCUT2D eigenvalue weighted by Gasteiger charge is -2.45. The first-order valence-corrected chi connectivity index (χ1v) is 9.83. The average molecular weight is 416 g/mol. The molecular weight excluding hydrogens is 385 g/mol. The number of nitrogens with zero attached hydrogens (tertiary/aromatic N) is 2. The third-order valence-corrected chi connectivity index (χ3v) is 5.03. The highest BCUT2D eigenvalue weighted by Crippen LogP contribution is 2.31. The highest BCUT2D eigenvalue weighted by Gasteiger charge is 2.37. The van der Waals surface area contributed by atoms with Gasteiger partial charge in [0.2, 0.25) is 0 Å². The second-order valence-corrected chi connectivity index (χ2v) is 8.75. The monoisotopic (exact) mass is 416 g/mol. The van der Waals surface area contributed by atoms with Gasteiger partial charge in [-0.25, -0.2) is 4.79 Å². The molecule has 2 unspecified atom stereocenters. The van der Waals surface area contributed by atoms with E-state index in [4.69, 9.17) is 4.74 Å². The SMILES string of the molecule is C=C1/C=C(C(F)(F)F)\C=C/CC(N2CCN(C(=O)OC(C)(C)C)C[C@@H]2C)C(O)C1. The van der Waals surface area contributed by atoms with Gasteiger partial charge >= 0.3 is 12.3 Å². The Morgan fingerprint density at radius 3 is 2.48 bits per heavy atom. The van der Waals surface area contributed by atoms with Crippen molar-refractivity contribution in [2.24, 2.45) is 0 Å². The summed E-state index contributed by atoms with van der Waals surface area (Å²) in [4.78, 5) is 16.0. The summed E-state index contributed by atoms with van der Waals surface area (Å²) in [5.41, 5.74) is -1.11. The summed E-state index contributed by atoms with van der Waals surface area (Å²) in [6.07, 6.45) is -1.86. The lowest BCUT2D eigenvalue weighted by Crippen LogP contribution is -2.59. The molecule has 1 N–H and O–H groups in total. The Bertz CT molecular complexity index is 680. The van der Waals surface area contributed by atoms with E-state index < -0.39 is 23.5 Å². The van der Waals surface area contributed by atoms with Crippen molar-refractivity contribution in [2.75, 3.05) is 19.6 Å². The maximum absolute atomic E-state index is 13.1. The van der Waals surface area contributed by atoms with Crippen LogP contribution < -0.4 is 0 Å². The van der Waals surface area contributed by atoms with E-state index in [1.165, 1.54) is 6.08 Å². The molecule has 1 saturated heterocycles. The van der Waals surface area contributed by atoms with Gasteiger partial charge in [0.15, 0.2) is 0 Å². The van der Waals surface area contributed by atoms with Crippen LogP contribution in [0.15, 0.2) is 36.0 Å². The molecule has 8 heteroatoms. The van der Waals surface area contributed by atoms with Gasteiger partial charge in [0.1, 0.15) is 5.60 Å². The first-order chi connectivity index (χ1) is 13.3. The number of ether oxygens (including phenoxy) is 1. The van der Waals surface area contributed by atoms with Crippen LogP contribution in [0.25, 0.3) is 0 Å². The van der Waals surface area contributed by atoms with Crippen LogP contribution in [0.3, 0.4) is 0 Å². The molecule has 1 aliphatic heterocycles. The van der Waals surface area contributed by atoms with Gasteiger partial charge in [-0.15, -0.1) is 0 Å². The Kier molecular flexibility index (Phi) is 7.22. The van der Waals surface area contributed by atoms with Crippen molar-refractivity contribution in [1.82, 2.24) is 9.80 Å². The van der Waals surface area contributed by atoms with Gasteiger partial charge in [-0.1, -0.05) is 24.3 Å². The summed E-state index contributed by atoms with van der Waals surface area (Å²) in [5.74, 6) is 0. The van der Waals surface area contributed by atoms with E-state index in [1.807, 2.05) is 6.92 Å². The molecule has 0 spiro atoms. The molecule has 1 amide bonds. The molecular formula is C21H31F3N2O3. The van der Waals surface area contributed by atoms with Gasteiger partial charge in [0, 0.05) is 31.7 Å². The number of halogens is 3. The number of aliphatic hydroxyl groups excluding tert-OH is 1. The Balaban J connectivity index is 2.10. The zero-order valence-corrected chi connectivity index (χ0v) is 17.5. The quantitative estimate of drug-likeness (QED) is 0.701. The molecule has 5 nitrogen and oxygen atoms in total. The molecule has 2 aliphatic rings. The van der Waals surface area contributed by atoms with Crippen LogP contribution in [0.5, 0.6) is 0 Å². The van der Waals surface area contributed by atoms with E-state index in [0.717, 1.165) is 12.2 Å². The molecule has 0 saturated carbocycles. The first-order valence-electron chi connectivity index (χ1n) is 9.83. The maximum Gasteiger partial charge on any atom is 0.416 e. The van der Waals surface area contributed by atoms with Crippen molar-refractivity contribution >= 4 is 6.09 Å². The molecule has 1 fully saturated rings. The smallest absolute Gasteiger partial charge is 0.416 e. The molecule has 0 aromatic heterocycles. The Morgan fingerprint density at radius 1 is 1.28 bits per heavy atom. The zero-order chi connectivity index (χ0) is 22.0. The molecule has 0 bridgehead atoms. The van der Waals surface area contributed by atoms with Gasteiger partial charge < -0.3 is 14.7 Å². The number of carbonyl (C=O) groups excluding carboxylic acids is 1. The van der Waals surface area contributed by atoms with E-state index >= 15 is 0 Å². The minimum Gasteiger partial charge on any atom is -0.444 e. The molecule has 0 aromatic carbocycles. The third-order valence-electron chi connectivity index (χ3n) is 5.03. The fourth-order valence-corrected chi connectivity index (χ4v) is 3.71. The number of hydrogen-bond acceptors (Lipinski definition) is 4. The number of amides is 1. The van der Waals surface area contributed by atoms with Gasteiger partial charge in [-0.3, -0.25) is 4.90 Å². The molecule has 29 heavy (non-hydrogen) atoms. The van der Waals surface area contributed by atoms with E-state index in [9.17, 15) is 23.1 Å². The number of piperazine rings is 1. The summed E-state index contributed by atoms with van der Waals surface area (Å²) in [5, 5.41) is 10.7. The number of alkyl halides is 3. The number of carbonyl (C=O) groups is 1. The van der Waals surface area contributed by atoms with E-state index in [-0.39, 0.29) is 36.6 Å². The van der Waals surface area contributed by atoms with Crippen molar-refractivity contribution in [1.29, 1.82) is 0 Å². The highest BCUT2D eigenvalue weighted by atomic mass is 19.4. The maximum atomic E-state index is 13.1. The van der Waals surface area contributed by atoms with Crippen molar-refractivity contribution in [3.8, 4) is 0 Å². The highest BCUT2D eigenvalue weighted by molar-refractivity contribution is 5.68. The second-order valence-electron chi connectivity index (χ2n) is 8.75. The summed E-state index contributed by atoms with van der Waals surface area (Å²) in [7, 11) is 0. The lowest BCUT2D eigenvalue weighted by atomic mass is 9.97. The van der Waals surface area contributed by atoms with Crippen molar-refractivity contribution in [3.63, 3.8) is 0 Å². The summed E-state index contributed by atoms with van der Waals surface area (Å²) >= 11 is 0. The molecule has 3 atom stereocenters. The van der Waals surface area contributed by atoms with Crippen LogP contribution in [0, 0.1) is 0 Å². The predicted octanol–water partition coefficient (Wildman–Crippen LogP) is 4.05. The normalized spacial score (nSPS) is 30.6. The average Bonchev–Trinajstić information content (AvgIpc) is 2.62. The van der Waals surface area contributed by atoms with Gasteiger partial charge in [0.05, 0.1) is 11.7 Å². The molecule has 0 radical (unpaired) electrons. The Hall–Kier alpha value is -1.80. The van der Waals surface area contributed by atoms with Crippen LogP contribution in [0.2, 0.25) is 0 Å². The van der Waals surface area contributed by atoms with Gasteiger partial charge in [0.25, 0.3) is 0 Å². The molecule has 1 aliphatic carbocycles. The minimum atomic E-state index is -4.46. The third kappa shape index (κ3) is 6.60. The van der Waals surface area contributed by atoms with Gasteiger partial charge in [-0.2, -0.15) is 13.2 Å². The number of rotatable bonds is 1. The Labute approximate surface area is 170 Å². The summed E-state index contributed by atoms with van der Waals surface area (Å²) in [6.45, 7) is 12.4. The van der Waals surface area contributed by atoms with Gasteiger partial charge in [-0.05, 0) is 46.6 Å². The molecule has 2 rings (SSSR count). The van der Waals surface area contributed by atoms with Crippen molar-refractivity contribution < 1.29 is 27.8 Å². The fraction of sp³-hybridized carbons (Fsp3) is 0.667. The number of allylic oxidation sites excluding steroid dienone is 3. The lowest BCUT2D eigenvalue weighted by molar-refractivity contribution is -0.0882. The molecule has 1 heterocycles. The molecule has 0 aromatic rings. The minimum absolute atomic E-state index is 0.0604. The van der Waals surface area contributed by atoms with E-state index in [1.54, 1.807) is 25.7 Å². The number of hydrogen-bond donors (Lipinski definition) is 1. The van der Waals surface area contributed by atoms with Crippen LogP contribution in [-0.2, 0) is 4.74 Å². The topological polar surface area (TPSA) is 53.0 Å². The largest absolute Gasteiger partial charge is 0.444 e. The van der Waals surface area contributed by atoms with Crippen molar-refractivity contribution in [2.45, 2.75) is 70.5 Å². The summed E-state index contributed by atoms with van der Waals surface area (Å²) < 4.78 is 44.8. The second kappa shape index (κ2) is 8.92. The van der Waals surface area contributed by atoms with E-state index in [2.05, 4.69) is 11.5 Å². The van der Waals surface area contributed by atoms with Crippen LogP contribution in [-0.4, -0.2) is 70.6 Å². The zero-order valence-electron chi connectivity index (χ0n) is 17.5.